The van der Waals surface area contributed by atoms with Crippen molar-refractivity contribution in [3.63, 3.8) is 0 Å². The molecular formula is C22H24N4O8. The van der Waals surface area contributed by atoms with Gasteiger partial charge in [-0.1, -0.05) is 18.2 Å². The van der Waals surface area contributed by atoms with E-state index in [4.69, 9.17) is 16.2 Å². The number of benzene rings is 2. The number of ether oxygens (including phenoxy) is 1. The van der Waals surface area contributed by atoms with E-state index in [-0.39, 0.29) is 24.3 Å². The molecule has 12 heteroatoms. The van der Waals surface area contributed by atoms with Gasteiger partial charge in [0.25, 0.3) is 0 Å². The summed E-state index contributed by atoms with van der Waals surface area (Å²) in [6.07, 6.45) is -2.35. The second-order valence-corrected chi connectivity index (χ2v) is 7.80. The lowest BCUT2D eigenvalue weighted by atomic mass is 10.0. The predicted molar refractivity (Wildman–Crippen MR) is 117 cm³/mol. The quantitative estimate of drug-likeness (QED) is 0.277. The molecule has 0 spiro atoms. The number of aromatic hydroxyl groups is 1. The van der Waals surface area contributed by atoms with Gasteiger partial charge < -0.3 is 42.2 Å². The van der Waals surface area contributed by atoms with Crippen molar-refractivity contribution in [3.05, 3.63) is 53.6 Å². The standard InChI is InChI=1S/C22H24N4O8/c23-13-7-11-3-6-15(27)16(9-11)34-12-4-1-10(2-5-12)8-14(22(32)33)25-21(31)17(26-20(13)30)18(28)19(24)29/h1-6,9,13-14,17-18,27-28H,7-8,23H2,(H2,24,29)(H,25,31)(H,26,30)(H,32,33). The van der Waals surface area contributed by atoms with Gasteiger partial charge in [-0.05, 0) is 41.8 Å². The van der Waals surface area contributed by atoms with E-state index in [2.05, 4.69) is 10.6 Å². The SMILES string of the molecule is NC(=O)C(O)C1NC(=O)C(N)Cc2ccc(O)c(c2)Oc2ccc(cc2)CC(C(=O)O)NC1=O. The Morgan fingerprint density at radius 1 is 1.00 bits per heavy atom. The minimum atomic E-state index is -2.14. The molecule has 0 aromatic heterocycles. The Hall–Kier alpha value is -4.16. The smallest absolute Gasteiger partial charge is 0.326 e. The first kappa shape index (κ1) is 24.5. The van der Waals surface area contributed by atoms with Gasteiger partial charge >= 0.3 is 5.97 Å². The summed E-state index contributed by atoms with van der Waals surface area (Å²) in [5.41, 5.74) is 12.1. The van der Waals surface area contributed by atoms with Crippen LogP contribution in [0, 0.1) is 0 Å². The van der Waals surface area contributed by atoms with E-state index in [1.165, 1.54) is 18.2 Å². The summed E-state index contributed by atoms with van der Waals surface area (Å²) in [6.45, 7) is 0. The number of primary amides is 1. The number of hydrogen-bond acceptors (Lipinski definition) is 8. The zero-order valence-corrected chi connectivity index (χ0v) is 17.8. The van der Waals surface area contributed by atoms with Crippen molar-refractivity contribution in [2.75, 3.05) is 0 Å². The summed E-state index contributed by atoms with van der Waals surface area (Å²) < 4.78 is 5.69. The Kier molecular flexibility index (Phi) is 7.34. The molecule has 0 radical (unpaired) electrons. The van der Waals surface area contributed by atoms with E-state index in [1.54, 1.807) is 24.3 Å². The summed E-state index contributed by atoms with van der Waals surface area (Å²) in [5, 5.41) is 34.2. The van der Waals surface area contributed by atoms with Gasteiger partial charge in [-0.15, -0.1) is 0 Å². The molecule has 2 heterocycles. The van der Waals surface area contributed by atoms with Crippen molar-refractivity contribution >= 4 is 23.7 Å². The Labute approximate surface area is 193 Å². The average Bonchev–Trinajstić information content (AvgIpc) is 2.79. The zero-order valence-electron chi connectivity index (χ0n) is 17.8. The summed E-state index contributed by atoms with van der Waals surface area (Å²) in [6, 6.07) is 6.04. The highest BCUT2D eigenvalue weighted by Gasteiger charge is 2.35. The molecule has 2 aromatic carbocycles. The lowest BCUT2D eigenvalue weighted by Gasteiger charge is -2.25. The highest BCUT2D eigenvalue weighted by molar-refractivity contribution is 5.96. The van der Waals surface area contributed by atoms with Gasteiger partial charge in [0.1, 0.15) is 17.8 Å². The van der Waals surface area contributed by atoms with Crippen LogP contribution in [0.1, 0.15) is 11.1 Å². The van der Waals surface area contributed by atoms with Crippen LogP contribution in [0.15, 0.2) is 42.5 Å². The number of aliphatic carboxylic acids is 1. The van der Waals surface area contributed by atoms with Crippen LogP contribution in [0.5, 0.6) is 17.2 Å². The number of carboxylic acids is 1. The topological polar surface area (TPSA) is 214 Å². The number of aliphatic hydroxyl groups is 1. The first-order valence-corrected chi connectivity index (χ1v) is 10.2. The molecule has 4 atom stereocenters. The molecule has 180 valence electrons. The van der Waals surface area contributed by atoms with Gasteiger partial charge in [0.2, 0.25) is 17.7 Å². The van der Waals surface area contributed by atoms with Crippen LogP contribution in [0.4, 0.5) is 0 Å². The molecule has 4 rings (SSSR count). The van der Waals surface area contributed by atoms with Crippen molar-refractivity contribution in [1.82, 2.24) is 10.6 Å². The molecule has 2 aliphatic heterocycles. The number of carboxylic acid groups (broad SMARTS) is 1. The van der Waals surface area contributed by atoms with Gasteiger partial charge in [-0.2, -0.15) is 0 Å². The molecule has 12 nitrogen and oxygen atoms in total. The molecule has 2 aliphatic rings. The molecule has 4 bridgehead atoms. The molecule has 34 heavy (non-hydrogen) atoms. The third-order valence-corrected chi connectivity index (χ3v) is 5.21. The summed E-state index contributed by atoms with van der Waals surface area (Å²) in [5.74, 6) is -4.43. The normalized spacial score (nSPS) is 22.0. The third kappa shape index (κ3) is 5.79. The maximum absolute atomic E-state index is 12.8. The van der Waals surface area contributed by atoms with Crippen LogP contribution in [-0.2, 0) is 32.0 Å². The van der Waals surface area contributed by atoms with Gasteiger partial charge in [-0.3, -0.25) is 14.4 Å². The van der Waals surface area contributed by atoms with Crippen molar-refractivity contribution in [3.8, 4) is 17.2 Å². The van der Waals surface area contributed by atoms with Crippen LogP contribution in [-0.4, -0.2) is 63.2 Å². The van der Waals surface area contributed by atoms with Gasteiger partial charge in [0, 0.05) is 6.42 Å². The van der Waals surface area contributed by atoms with Crippen LogP contribution >= 0.6 is 0 Å². The van der Waals surface area contributed by atoms with Crippen molar-refractivity contribution in [1.29, 1.82) is 0 Å². The first-order chi connectivity index (χ1) is 16.0. The average molecular weight is 472 g/mol. The van der Waals surface area contributed by atoms with Crippen molar-refractivity contribution < 1.29 is 39.2 Å². The second-order valence-electron chi connectivity index (χ2n) is 7.80. The largest absolute Gasteiger partial charge is 0.504 e. The number of carbonyl (C=O) groups is 4. The minimum Gasteiger partial charge on any atom is -0.504 e. The Balaban J connectivity index is 2.02. The predicted octanol–water partition coefficient (Wildman–Crippen LogP) is -1.49. The lowest BCUT2D eigenvalue weighted by Crippen LogP contribution is -2.61. The van der Waals surface area contributed by atoms with Crippen LogP contribution < -0.4 is 26.8 Å². The van der Waals surface area contributed by atoms with Crippen molar-refractivity contribution in [2.45, 2.75) is 37.1 Å². The van der Waals surface area contributed by atoms with Crippen LogP contribution in [0.2, 0.25) is 0 Å². The maximum Gasteiger partial charge on any atom is 0.326 e. The fourth-order valence-corrected chi connectivity index (χ4v) is 3.34. The van der Waals surface area contributed by atoms with E-state index in [9.17, 15) is 34.5 Å². The second kappa shape index (κ2) is 10.2. The monoisotopic (exact) mass is 472 g/mol. The first-order valence-electron chi connectivity index (χ1n) is 10.2. The lowest BCUT2D eigenvalue weighted by molar-refractivity contribution is -0.144. The molecule has 3 amide bonds. The summed E-state index contributed by atoms with van der Waals surface area (Å²) in [7, 11) is 0. The number of carbonyl (C=O) groups excluding carboxylic acids is 3. The molecule has 0 saturated carbocycles. The fourth-order valence-electron chi connectivity index (χ4n) is 3.34. The molecule has 0 saturated heterocycles. The number of rotatable bonds is 3. The number of phenolic OH excluding ortho intramolecular Hbond substituents is 1. The van der Waals surface area contributed by atoms with Crippen LogP contribution in [0.3, 0.4) is 0 Å². The number of nitrogens with two attached hydrogens (primary N) is 2. The number of phenols is 1. The molecule has 9 N–H and O–H groups in total. The number of nitrogens with one attached hydrogen (secondary N) is 2. The molecular weight excluding hydrogens is 448 g/mol. The fraction of sp³-hybridized carbons (Fsp3) is 0.273. The van der Waals surface area contributed by atoms with Gasteiger partial charge in [-0.25, -0.2) is 4.79 Å². The van der Waals surface area contributed by atoms with Gasteiger partial charge in [0.05, 0.1) is 6.04 Å². The Morgan fingerprint density at radius 3 is 2.26 bits per heavy atom. The van der Waals surface area contributed by atoms with E-state index in [0.717, 1.165) is 0 Å². The zero-order chi connectivity index (χ0) is 25.0. The molecule has 4 unspecified atom stereocenters. The highest BCUT2D eigenvalue weighted by Crippen LogP contribution is 2.32. The Bertz CT molecular complexity index is 1100. The molecule has 0 fully saturated rings. The highest BCUT2D eigenvalue weighted by atomic mass is 16.5. The maximum atomic E-state index is 12.8. The Morgan fingerprint density at radius 2 is 1.65 bits per heavy atom. The number of aliphatic hydroxyl groups excluding tert-OH is 1. The van der Waals surface area contributed by atoms with E-state index in [0.29, 0.717) is 16.9 Å². The summed E-state index contributed by atoms with van der Waals surface area (Å²) in [4.78, 5) is 48.7. The number of fused-ring (bicyclic) bond motifs is 10. The number of hydrogen-bond donors (Lipinski definition) is 7. The van der Waals surface area contributed by atoms with Crippen LogP contribution in [0.25, 0.3) is 0 Å². The van der Waals surface area contributed by atoms with E-state index < -0.39 is 47.9 Å². The van der Waals surface area contributed by atoms with Crippen molar-refractivity contribution in [2.24, 2.45) is 11.5 Å². The van der Waals surface area contributed by atoms with Gasteiger partial charge in [0.15, 0.2) is 17.6 Å². The molecule has 0 aliphatic carbocycles. The summed E-state index contributed by atoms with van der Waals surface area (Å²) >= 11 is 0. The third-order valence-electron chi connectivity index (χ3n) is 5.21. The van der Waals surface area contributed by atoms with E-state index >= 15 is 0 Å². The van der Waals surface area contributed by atoms with E-state index in [1.807, 2.05) is 0 Å². The number of amides is 3. The molecule has 2 aromatic rings. The minimum absolute atomic E-state index is 0.0554.